The number of aromatic nitrogens is 1. The van der Waals surface area contributed by atoms with Crippen LogP contribution in [-0.2, 0) is 0 Å². The fourth-order valence-corrected chi connectivity index (χ4v) is 1.67. The molecule has 2 amide bonds. The highest BCUT2D eigenvalue weighted by atomic mass is 35.5. The van der Waals surface area contributed by atoms with E-state index in [1.54, 1.807) is 31.2 Å². The van der Waals surface area contributed by atoms with Crippen molar-refractivity contribution in [2.45, 2.75) is 6.92 Å². The van der Waals surface area contributed by atoms with Crippen LogP contribution in [0, 0.1) is 0 Å². The molecule has 1 aromatic carbocycles. The van der Waals surface area contributed by atoms with Crippen molar-refractivity contribution in [3.05, 3.63) is 41.2 Å². The van der Waals surface area contributed by atoms with Crippen LogP contribution in [0.3, 0.4) is 0 Å². The third-order valence-electron chi connectivity index (χ3n) is 2.30. The molecule has 0 aliphatic carbocycles. The maximum atomic E-state index is 11.0. The quantitative estimate of drug-likeness (QED) is 0.804. The first-order chi connectivity index (χ1) is 9.97. The number of carbonyl (C=O) groups is 2. The number of amides is 2. The maximum Gasteiger partial charge on any atom is 0.404 e. The van der Waals surface area contributed by atoms with E-state index in [2.05, 4.69) is 10.5 Å². The van der Waals surface area contributed by atoms with Crippen molar-refractivity contribution in [3.8, 4) is 11.1 Å². The molecule has 2 aromatic rings. The van der Waals surface area contributed by atoms with Crippen LogP contribution in [0.25, 0.3) is 11.1 Å². The largest absolute Gasteiger partial charge is 0.465 e. The molecule has 0 radical (unpaired) electrons. The normalized spacial score (nSPS) is 9.43. The van der Waals surface area contributed by atoms with Crippen molar-refractivity contribution in [1.29, 1.82) is 0 Å². The molecule has 1 heterocycles. The Balaban J connectivity index is 0.000000315. The second-order valence-corrected chi connectivity index (χ2v) is 4.16. The van der Waals surface area contributed by atoms with Crippen molar-refractivity contribution >= 4 is 23.6 Å². The Labute approximate surface area is 125 Å². The van der Waals surface area contributed by atoms with Gasteiger partial charge in [-0.25, -0.2) is 4.79 Å². The Hall–Kier alpha value is -2.54. The zero-order chi connectivity index (χ0) is 15.8. The minimum Gasteiger partial charge on any atom is -0.465 e. The second-order valence-electron chi connectivity index (χ2n) is 3.76. The summed E-state index contributed by atoms with van der Waals surface area (Å²) in [6.07, 6.45) is 0.388. The average Bonchev–Trinajstić information content (AvgIpc) is 2.89. The van der Waals surface area contributed by atoms with E-state index in [4.69, 9.17) is 27.0 Å². The van der Waals surface area contributed by atoms with E-state index >= 15 is 0 Å². The van der Waals surface area contributed by atoms with Gasteiger partial charge in [-0.2, -0.15) is 0 Å². The smallest absolute Gasteiger partial charge is 0.404 e. The number of rotatable bonds is 3. The molecule has 0 saturated carbocycles. The summed E-state index contributed by atoms with van der Waals surface area (Å²) in [4.78, 5) is 20.5. The number of nitrogens with zero attached hydrogens (tertiary/aromatic N) is 1. The number of hydrogen-bond acceptors (Lipinski definition) is 4. The van der Waals surface area contributed by atoms with Crippen molar-refractivity contribution in [3.63, 3.8) is 0 Å². The van der Waals surface area contributed by atoms with Gasteiger partial charge in [0.25, 0.3) is 5.91 Å². The molecule has 0 atom stereocenters. The molecular formula is C13H14ClN3O4. The number of carboxylic acid groups (broad SMARTS) is 1. The minimum absolute atomic E-state index is 0.0862. The molecule has 112 valence electrons. The van der Waals surface area contributed by atoms with Gasteiger partial charge in [0, 0.05) is 17.1 Å². The van der Waals surface area contributed by atoms with Crippen LogP contribution in [0.4, 0.5) is 4.79 Å². The summed E-state index contributed by atoms with van der Waals surface area (Å²) >= 11 is 5.97. The SMILES string of the molecule is CCNC(=O)O.NC(=O)c1nocc1-c1ccccc1Cl. The molecule has 0 spiro atoms. The Morgan fingerprint density at radius 3 is 2.52 bits per heavy atom. The molecule has 7 nitrogen and oxygen atoms in total. The van der Waals surface area contributed by atoms with Crippen LogP contribution < -0.4 is 11.1 Å². The molecule has 0 aliphatic heterocycles. The van der Waals surface area contributed by atoms with Gasteiger partial charge in [0.05, 0.1) is 5.56 Å². The predicted molar refractivity (Wildman–Crippen MR) is 77.2 cm³/mol. The Morgan fingerprint density at radius 1 is 1.38 bits per heavy atom. The molecule has 21 heavy (non-hydrogen) atoms. The van der Waals surface area contributed by atoms with E-state index in [0.29, 0.717) is 22.7 Å². The van der Waals surface area contributed by atoms with Crippen molar-refractivity contribution in [2.75, 3.05) is 6.54 Å². The lowest BCUT2D eigenvalue weighted by molar-refractivity contribution is 0.0992. The van der Waals surface area contributed by atoms with E-state index in [0.717, 1.165) is 0 Å². The van der Waals surface area contributed by atoms with Gasteiger partial charge in [-0.3, -0.25) is 4.79 Å². The first-order valence-corrected chi connectivity index (χ1v) is 6.31. The summed E-state index contributed by atoms with van der Waals surface area (Å²) in [5.74, 6) is -0.640. The van der Waals surface area contributed by atoms with Gasteiger partial charge < -0.3 is 20.7 Å². The third-order valence-corrected chi connectivity index (χ3v) is 2.62. The number of carbonyl (C=O) groups excluding carboxylic acids is 1. The second kappa shape index (κ2) is 7.91. The molecule has 0 fully saturated rings. The monoisotopic (exact) mass is 311 g/mol. The zero-order valence-corrected chi connectivity index (χ0v) is 11.9. The summed E-state index contributed by atoms with van der Waals surface area (Å²) in [5, 5.41) is 14.0. The number of halogens is 1. The van der Waals surface area contributed by atoms with Crippen LogP contribution in [0.15, 0.2) is 35.1 Å². The van der Waals surface area contributed by atoms with Crippen LogP contribution in [0.2, 0.25) is 5.02 Å². The summed E-state index contributed by atoms with van der Waals surface area (Å²) in [5.41, 5.74) is 6.41. The molecule has 4 N–H and O–H groups in total. The number of primary amides is 1. The van der Waals surface area contributed by atoms with E-state index in [1.807, 2.05) is 0 Å². The summed E-state index contributed by atoms with van der Waals surface area (Å²) in [6.45, 7) is 2.21. The number of hydrogen-bond donors (Lipinski definition) is 3. The average molecular weight is 312 g/mol. The van der Waals surface area contributed by atoms with Crippen molar-refractivity contribution in [1.82, 2.24) is 10.5 Å². The van der Waals surface area contributed by atoms with Gasteiger partial charge in [-0.15, -0.1) is 0 Å². The molecule has 0 unspecified atom stereocenters. The number of nitrogens with two attached hydrogens (primary N) is 1. The number of nitrogens with one attached hydrogen (secondary N) is 1. The van der Waals surface area contributed by atoms with Crippen LogP contribution in [-0.4, -0.2) is 28.8 Å². The first-order valence-electron chi connectivity index (χ1n) is 5.93. The van der Waals surface area contributed by atoms with Gasteiger partial charge in [0.2, 0.25) is 0 Å². The molecule has 8 heteroatoms. The van der Waals surface area contributed by atoms with Crippen LogP contribution >= 0.6 is 11.6 Å². The highest BCUT2D eigenvalue weighted by molar-refractivity contribution is 6.33. The van der Waals surface area contributed by atoms with E-state index < -0.39 is 12.0 Å². The standard InChI is InChI=1S/C10H7ClN2O2.C3H7NO2/c11-8-4-2-1-3-6(8)7-5-15-13-9(7)10(12)14;1-2-4-3(5)6/h1-5H,(H2,12,14);4H,2H2,1H3,(H,5,6). The fourth-order valence-electron chi connectivity index (χ4n) is 1.44. The van der Waals surface area contributed by atoms with Gasteiger partial charge in [-0.1, -0.05) is 35.0 Å². The van der Waals surface area contributed by atoms with Gasteiger partial charge in [0.1, 0.15) is 6.26 Å². The highest BCUT2D eigenvalue weighted by Crippen LogP contribution is 2.29. The maximum absolute atomic E-state index is 11.0. The molecule has 0 aliphatic rings. The third kappa shape index (κ3) is 4.81. The molecule has 0 bridgehead atoms. The lowest BCUT2D eigenvalue weighted by Crippen LogP contribution is -2.19. The van der Waals surface area contributed by atoms with E-state index in [1.165, 1.54) is 6.26 Å². The lowest BCUT2D eigenvalue weighted by Gasteiger charge is -2.00. The molecular weight excluding hydrogens is 298 g/mol. The number of benzene rings is 1. The Kier molecular flexibility index (Phi) is 6.22. The van der Waals surface area contributed by atoms with E-state index in [-0.39, 0.29) is 5.69 Å². The lowest BCUT2D eigenvalue weighted by atomic mass is 10.1. The van der Waals surface area contributed by atoms with Gasteiger partial charge in [0.15, 0.2) is 5.69 Å². The Bertz CT molecular complexity index is 627. The molecule has 2 rings (SSSR count). The van der Waals surface area contributed by atoms with Crippen molar-refractivity contribution in [2.24, 2.45) is 5.73 Å². The summed E-state index contributed by atoms with van der Waals surface area (Å²) in [6, 6.07) is 7.08. The highest BCUT2D eigenvalue weighted by Gasteiger charge is 2.16. The topological polar surface area (TPSA) is 118 Å². The van der Waals surface area contributed by atoms with Gasteiger partial charge in [-0.05, 0) is 13.0 Å². The minimum atomic E-state index is -0.961. The van der Waals surface area contributed by atoms with Crippen LogP contribution in [0.5, 0.6) is 0 Å². The predicted octanol–water partition coefficient (Wildman–Crippen LogP) is 2.37. The first kappa shape index (κ1) is 16.5. The van der Waals surface area contributed by atoms with Crippen LogP contribution in [0.1, 0.15) is 17.4 Å². The van der Waals surface area contributed by atoms with Crippen molar-refractivity contribution < 1.29 is 19.2 Å². The Morgan fingerprint density at radius 2 is 2.05 bits per heavy atom. The molecule has 1 aromatic heterocycles. The van der Waals surface area contributed by atoms with E-state index in [9.17, 15) is 9.59 Å². The van der Waals surface area contributed by atoms with Gasteiger partial charge >= 0.3 is 6.09 Å². The summed E-state index contributed by atoms with van der Waals surface area (Å²) < 4.78 is 4.71. The summed E-state index contributed by atoms with van der Waals surface area (Å²) in [7, 11) is 0. The molecule has 0 saturated heterocycles. The zero-order valence-electron chi connectivity index (χ0n) is 11.2. The fraction of sp³-hybridized carbons (Fsp3) is 0.154.